The molecule has 0 spiro atoms. The largest absolute Gasteiger partial charge is 0.308 e. The van der Waals surface area contributed by atoms with Crippen molar-refractivity contribution in [2.45, 2.75) is 66.3 Å². The lowest BCUT2D eigenvalue weighted by atomic mass is 9.86. The van der Waals surface area contributed by atoms with Crippen molar-refractivity contribution in [1.29, 1.82) is 0 Å². The predicted molar refractivity (Wildman–Crippen MR) is 81.2 cm³/mol. The summed E-state index contributed by atoms with van der Waals surface area (Å²) < 4.78 is 0. The number of hydrogen-bond donors (Lipinski definition) is 1. The summed E-state index contributed by atoms with van der Waals surface area (Å²) in [6.07, 6.45) is 5.30. The molecule has 1 aromatic rings. The van der Waals surface area contributed by atoms with Crippen molar-refractivity contribution < 1.29 is 0 Å². The van der Waals surface area contributed by atoms with Crippen LogP contribution in [0.4, 0.5) is 0 Å². The van der Waals surface area contributed by atoms with Gasteiger partial charge in [-0.15, -0.1) is 11.3 Å². The first-order valence-electron chi connectivity index (χ1n) is 7.10. The molecule has 1 unspecified atom stereocenters. The number of nitrogens with zero attached hydrogens (tertiary/aromatic N) is 1. The highest BCUT2D eigenvalue weighted by Crippen LogP contribution is 2.24. The van der Waals surface area contributed by atoms with Crippen molar-refractivity contribution in [2.75, 3.05) is 6.54 Å². The molecule has 104 valence electrons. The second-order valence-corrected chi connectivity index (χ2v) is 7.08. The van der Waals surface area contributed by atoms with E-state index in [4.69, 9.17) is 0 Å². The van der Waals surface area contributed by atoms with Crippen molar-refractivity contribution in [3.8, 4) is 0 Å². The summed E-state index contributed by atoms with van der Waals surface area (Å²) in [5, 5.41) is 6.94. The molecule has 1 rings (SSSR count). The van der Waals surface area contributed by atoms with Crippen LogP contribution in [0.15, 0.2) is 5.38 Å². The number of nitrogens with one attached hydrogen (secondary N) is 1. The number of thiazole rings is 1. The quantitative estimate of drug-likeness (QED) is 0.691. The molecule has 0 aliphatic carbocycles. The Hall–Kier alpha value is -0.410. The zero-order valence-corrected chi connectivity index (χ0v) is 13.4. The normalized spacial score (nSPS) is 13.8. The molecule has 0 aliphatic rings. The van der Waals surface area contributed by atoms with Gasteiger partial charge in [-0.25, -0.2) is 4.98 Å². The molecule has 0 amide bonds. The third-order valence-electron chi connectivity index (χ3n) is 3.42. The summed E-state index contributed by atoms with van der Waals surface area (Å²) in [5.74, 6) is 0. The minimum Gasteiger partial charge on any atom is -0.308 e. The second kappa shape index (κ2) is 7.25. The van der Waals surface area contributed by atoms with Gasteiger partial charge in [0.05, 0.1) is 10.7 Å². The van der Waals surface area contributed by atoms with Crippen molar-refractivity contribution in [1.82, 2.24) is 10.3 Å². The Balaban J connectivity index is 2.34. The highest BCUT2D eigenvalue weighted by Gasteiger charge is 2.19. The molecular weight excluding hydrogens is 240 g/mol. The van der Waals surface area contributed by atoms with Gasteiger partial charge in [0, 0.05) is 18.0 Å². The van der Waals surface area contributed by atoms with Crippen LogP contribution in [-0.2, 0) is 0 Å². The van der Waals surface area contributed by atoms with E-state index in [0.717, 1.165) is 11.6 Å². The Labute approximate surface area is 116 Å². The minimum atomic E-state index is 0.361. The van der Waals surface area contributed by atoms with Crippen molar-refractivity contribution in [3.63, 3.8) is 0 Å². The molecule has 0 radical (unpaired) electrons. The first-order valence-corrected chi connectivity index (χ1v) is 7.98. The molecule has 0 aromatic carbocycles. The Morgan fingerprint density at radius 2 is 2.11 bits per heavy atom. The summed E-state index contributed by atoms with van der Waals surface area (Å²) in [5.41, 5.74) is 1.57. The van der Waals surface area contributed by atoms with Crippen LogP contribution in [0.3, 0.4) is 0 Å². The number of aryl methyl sites for hydroxylation is 1. The van der Waals surface area contributed by atoms with Crippen molar-refractivity contribution >= 4 is 11.3 Å². The SMILES string of the molecule is CCCCCC(C)(C)CNC(C)c1csc(C)n1. The van der Waals surface area contributed by atoms with Gasteiger partial charge in [-0.1, -0.05) is 40.0 Å². The van der Waals surface area contributed by atoms with Gasteiger partial charge in [-0.2, -0.15) is 0 Å². The van der Waals surface area contributed by atoms with E-state index in [0.29, 0.717) is 11.5 Å². The Morgan fingerprint density at radius 1 is 1.39 bits per heavy atom. The highest BCUT2D eigenvalue weighted by atomic mass is 32.1. The van der Waals surface area contributed by atoms with Gasteiger partial charge >= 0.3 is 0 Å². The summed E-state index contributed by atoms with van der Waals surface area (Å²) in [4.78, 5) is 4.54. The smallest absolute Gasteiger partial charge is 0.0898 e. The summed E-state index contributed by atoms with van der Waals surface area (Å²) in [6, 6.07) is 0.361. The van der Waals surface area contributed by atoms with E-state index in [1.165, 1.54) is 31.4 Å². The van der Waals surface area contributed by atoms with E-state index in [1.807, 2.05) is 0 Å². The molecule has 1 atom stereocenters. The molecule has 1 heterocycles. The van der Waals surface area contributed by atoms with Crippen LogP contribution in [0.1, 0.15) is 70.1 Å². The van der Waals surface area contributed by atoms with Gasteiger partial charge in [0.1, 0.15) is 0 Å². The Kier molecular flexibility index (Phi) is 6.30. The summed E-state index contributed by atoms with van der Waals surface area (Å²) in [6.45, 7) is 12.3. The average Bonchev–Trinajstić information content (AvgIpc) is 2.73. The minimum absolute atomic E-state index is 0.361. The number of unbranched alkanes of at least 4 members (excludes halogenated alkanes) is 2. The molecular formula is C15H28N2S. The van der Waals surface area contributed by atoms with Crippen LogP contribution in [-0.4, -0.2) is 11.5 Å². The molecule has 18 heavy (non-hydrogen) atoms. The number of aromatic nitrogens is 1. The van der Waals surface area contributed by atoms with Gasteiger partial charge < -0.3 is 5.32 Å². The fraction of sp³-hybridized carbons (Fsp3) is 0.800. The van der Waals surface area contributed by atoms with Crippen molar-refractivity contribution in [3.05, 3.63) is 16.1 Å². The lowest BCUT2D eigenvalue weighted by Gasteiger charge is -2.27. The zero-order chi connectivity index (χ0) is 13.6. The van der Waals surface area contributed by atoms with Gasteiger partial charge in [-0.3, -0.25) is 0 Å². The van der Waals surface area contributed by atoms with E-state index in [2.05, 4.69) is 50.3 Å². The van der Waals surface area contributed by atoms with Crippen LogP contribution >= 0.6 is 11.3 Å². The maximum absolute atomic E-state index is 4.54. The summed E-state index contributed by atoms with van der Waals surface area (Å²) in [7, 11) is 0. The topological polar surface area (TPSA) is 24.9 Å². The van der Waals surface area contributed by atoms with Crippen LogP contribution in [0.5, 0.6) is 0 Å². The molecule has 2 nitrogen and oxygen atoms in total. The Bertz CT molecular complexity index is 344. The molecule has 0 saturated carbocycles. The molecule has 0 bridgehead atoms. The number of rotatable bonds is 8. The summed E-state index contributed by atoms with van der Waals surface area (Å²) >= 11 is 1.73. The molecule has 0 aliphatic heterocycles. The van der Waals surface area contributed by atoms with Gasteiger partial charge in [0.15, 0.2) is 0 Å². The standard InChI is InChI=1S/C15H28N2S/c1-6-7-8-9-15(4,5)11-16-12(2)14-10-18-13(3)17-14/h10,12,16H,6-9,11H2,1-5H3. The fourth-order valence-electron chi connectivity index (χ4n) is 2.05. The molecule has 0 saturated heterocycles. The molecule has 1 N–H and O–H groups in total. The highest BCUT2D eigenvalue weighted by molar-refractivity contribution is 7.09. The van der Waals surface area contributed by atoms with Crippen LogP contribution in [0.25, 0.3) is 0 Å². The average molecular weight is 268 g/mol. The van der Waals surface area contributed by atoms with E-state index in [9.17, 15) is 0 Å². The molecule has 0 fully saturated rings. The first-order chi connectivity index (χ1) is 8.44. The maximum Gasteiger partial charge on any atom is 0.0898 e. The third kappa shape index (κ3) is 5.49. The molecule has 1 aromatic heterocycles. The predicted octanol–water partition coefficient (Wildman–Crippen LogP) is 4.71. The third-order valence-corrected chi connectivity index (χ3v) is 4.22. The maximum atomic E-state index is 4.54. The monoisotopic (exact) mass is 268 g/mol. The zero-order valence-electron chi connectivity index (χ0n) is 12.5. The van der Waals surface area contributed by atoms with E-state index in [1.54, 1.807) is 11.3 Å². The second-order valence-electron chi connectivity index (χ2n) is 6.02. The van der Waals surface area contributed by atoms with E-state index < -0.39 is 0 Å². The first kappa shape index (κ1) is 15.6. The van der Waals surface area contributed by atoms with Crippen molar-refractivity contribution in [2.24, 2.45) is 5.41 Å². The van der Waals surface area contributed by atoms with Gasteiger partial charge in [-0.05, 0) is 25.7 Å². The van der Waals surface area contributed by atoms with E-state index in [-0.39, 0.29) is 0 Å². The van der Waals surface area contributed by atoms with Gasteiger partial charge in [0.25, 0.3) is 0 Å². The number of hydrogen-bond acceptors (Lipinski definition) is 3. The van der Waals surface area contributed by atoms with Crippen LogP contribution in [0, 0.1) is 12.3 Å². The van der Waals surface area contributed by atoms with Crippen LogP contribution < -0.4 is 5.32 Å². The van der Waals surface area contributed by atoms with Crippen LogP contribution in [0.2, 0.25) is 0 Å². The van der Waals surface area contributed by atoms with E-state index >= 15 is 0 Å². The van der Waals surface area contributed by atoms with Gasteiger partial charge in [0.2, 0.25) is 0 Å². The molecule has 3 heteroatoms. The lowest BCUT2D eigenvalue weighted by molar-refractivity contribution is 0.290. The lowest BCUT2D eigenvalue weighted by Crippen LogP contribution is -2.31. The fourth-order valence-corrected chi connectivity index (χ4v) is 2.76. The Morgan fingerprint density at radius 3 is 2.67 bits per heavy atom.